The van der Waals surface area contributed by atoms with Gasteiger partial charge in [-0.15, -0.1) is 0 Å². The Balaban J connectivity index is 1.68. The van der Waals surface area contributed by atoms with Gasteiger partial charge in [0.05, 0.1) is 24.6 Å². The summed E-state index contributed by atoms with van der Waals surface area (Å²) in [7, 11) is 1.40. The number of para-hydroxylation sites is 1. The van der Waals surface area contributed by atoms with Crippen LogP contribution in [0.3, 0.4) is 0 Å². The van der Waals surface area contributed by atoms with Gasteiger partial charge in [-0.1, -0.05) is 38.1 Å². The molecule has 4 atom stereocenters. The largest absolute Gasteiger partial charge is 0.466 e. The monoisotopic (exact) mass is 354 g/mol. The number of piperidine rings is 2. The lowest BCUT2D eigenvalue weighted by molar-refractivity contribution is -0.137. The fourth-order valence-electron chi connectivity index (χ4n) is 4.99. The van der Waals surface area contributed by atoms with Crippen molar-refractivity contribution in [2.75, 3.05) is 20.2 Å². The average molecular weight is 354 g/mol. The predicted molar refractivity (Wildman–Crippen MR) is 100 cm³/mol. The molecular formula is C21H26N2O3. The topological polar surface area (TPSA) is 62.1 Å². The lowest BCUT2D eigenvalue weighted by atomic mass is 9.70. The van der Waals surface area contributed by atoms with Crippen molar-refractivity contribution in [3.05, 3.63) is 42.0 Å². The van der Waals surface area contributed by atoms with Gasteiger partial charge in [-0.05, 0) is 30.7 Å². The highest BCUT2D eigenvalue weighted by molar-refractivity contribution is 6.04. The average Bonchev–Trinajstić information content (AvgIpc) is 2.99. The smallest absolute Gasteiger partial charge is 0.333 e. The van der Waals surface area contributed by atoms with E-state index < -0.39 is 5.60 Å². The number of methoxy groups -OCH3 is 1. The van der Waals surface area contributed by atoms with Gasteiger partial charge < -0.3 is 9.84 Å². The molecule has 26 heavy (non-hydrogen) atoms. The predicted octanol–water partition coefficient (Wildman–Crippen LogP) is 2.81. The first-order valence-corrected chi connectivity index (χ1v) is 9.41. The van der Waals surface area contributed by atoms with Crippen LogP contribution in [0.5, 0.6) is 0 Å². The Bertz CT molecular complexity index is 787. The highest BCUT2D eigenvalue weighted by atomic mass is 16.5. The van der Waals surface area contributed by atoms with Crippen LogP contribution in [0.2, 0.25) is 0 Å². The Kier molecular flexibility index (Phi) is 4.24. The maximum absolute atomic E-state index is 12.1. The Morgan fingerprint density at radius 1 is 1.46 bits per heavy atom. The third-order valence-corrected chi connectivity index (χ3v) is 6.47. The highest BCUT2D eigenvalue weighted by Crippen LogP contribution is 2.48. The molecule has 5 nitrogen and oxygen atoms in total. The maximum atomic E-state index is 12.1. The summed E-state index contributed by atoms with van der Waals surface area (Å²) in [4.78, 5) is 19.3. The molecule has 0 amide bonds. The normalized spacial score (nSPS) is 32.9. The van der Waals surface area contributed by atoms with Gasteiger partial charge in [0.15, 0.2) is 0 Å². The molecule has 1 aromatic carbocycles. The second-order valence-electron chi connectivity index (χ2n) is 7.66. The van der Waals surface area contributed by atoms with E-state index in [1.165, 1.54) is 7.11 Å². The number of carbonyl (C=O) groups excluding carboxylic acids is 1. The summed E-state index contributed by atoms with van der Waals surface area (Å²) < 4.78 is 4.92. The zero-order valence-electron chi connectivity index (χ0n) is 15.4. The van der Waals surface area contributed by atoms with Crippen molar-refractivity contribution in [3.63, 3.8) is 0 Å². The summed E-state index contributed by atoms with van der Waals surface area (Å²) in [5, 5.41) is 11.4. The van der Waals surface area contributed by atoms with Crippen LogP contribution in [0.25, 0.3) is 0 Å². The summed E-state index contributed by atoms with van der Waals surface area (Å²) >= 11 is 0. The van der Waals surface area contributed by atoms with Crippen LogP contribution in [0, 0.1) is 11.8 Å². The van der Waals surface area contributed by atoms with Crippen LogP contribution in [-0.4, -0.2) is 47.9 Å². The second-order valence-corrected chi connectivity index (χ2v) is 7.66. The fourth-order valence-corrected chi connectivity index (χ4v) is 4.99. The number of benzene rings is 1. The van der Waals surface area contributed by atoms with Crippen LogP contribution < -0.4 is 0 Å². The van der Waals surface area contributed by atoms with Gasteiger partial charge in [-0.25, -0.2) is 4.79 Å². The number of nitrogens with zero attached hydrogens (tertiary/aromatic N) is 2. The number of fused-ring (bicyclic) bond motifs is 5. The Morgan fingerprint density at radius 3 is 2.96 bits per heavy atom. The highest BCUT2D eigenvalue weighted by Gasteiger charge is 2.52. The minimum Gasteiger partial charge on any atom is -0.466 e. The molecule has 138 valence electrons. The van der Waals surface area contributed by atoms with Gasteiger partial charge in [-0.3, -0.25) is 9.89 Å². The molecule has 3 aliphatic rings. The molecule has 5 heteroatoms. The maximum Gasteiger partial charge on any atom is 0.333 e. The number of carbonyl (C=O) groups is 1. The van der Waals surface area contributed by atoms with Crippen molar-refractivity contribution < 1.29 is 14.6 Å². The third kappa shape index (κ3) is 2.45. The number of hydrogen-bond acceptors (Lipinski definition) is 5. The molecule has 2 fully saturated rings. The van der Waals surface area contributed by atoms with E-state index in [4.69, 9.17) is 9.73 Å². The molecule has 0 saturated carbocycles. The minimum absolute atomic E-state index is 0.0374. The summed E-state index contributed by atoms with van der Waals surface area (Å²) in [6, 6.07) is 7.89. The lowest BCUT2D eigenvalue weighted by Crippen LogP contribution is -2.60. The van der Waals surface area contributed by atoms with E-state index in [0.717, 1.165) is 42.9 Å². The van der Waals surface area contributed by atoms with Gasteiger partial charge >= 0.3 is 5.97 Å². The van der Waals surface area contributed by atoms with Gasteiger partial charge in [0.2, 0.25) is 0 Å². The molecular weight excluding hydrogens is 328 g/mol. The SMILES string of the molecule is C=C(C(=O)OC)[C@H]1C[C@H]2C3=Nc4ccccc4[C@@]3(O)CCN2C[C@H]1CC. The van der Waals surface area contributed by atoms with E-state index in [1.54, 1.807) is 0 Å². The van der Waals surface area contributed by atoms with E-state index >= 15 is 0 Å². The first kappa shape index (κ1) is 17.4. The molecule has 0 bridgehead atoms. The molecule has 2 saturated heterocycles. The number of hydrogen-bond donors (Lipinski definition) is 1. The van der Waals surface area contributed by atoms with Crippen molar-refractivity contribution in [3.8, 4) is 0 Å². The Morgan fingerprint density at radius 2 is 2.23 bits per heavy atom. The van der Waals surface area contributed by atoms with Gasteiger partial charge in [0.1, 0.15) is 5.60 Å². The van der Waals surface area contributed by atoms with E-state index in [-0.39, 0.29) is 17.9 Å². The van der Waals surface area contributed by atoms with Crippen molar-refractivity contribution in [1.82, 2.24) is 4.90 Å². The summed E-state index contributed by atoms with van der Waals surface area (Å²) in [5.41, 5.74) is 2.18. The van der Waals surface area contributed by atoms with Gasteiger partial charge in [0.25, 0.3) is 0 Å². The molecule has 0 aliphatic carbocycles. The minimum atomic E-state index is -0.978. The van der Waals surface area contributed by atoms with E-state index in [2.05, 4.69) is 18.4 Å². The molecule has 0 aromatic heterocycles. The molecule has 0 spiro atoms. The molecule has 0 unspecified atom stereocenters. The van der Waals surface area contributed by atoms with Crippen molar-refractivity contribution >= 4 is 17.4 Å². The molecule has 1 aromatic rings. The summed E-state index contributed by atoms with van der Waals surface area (Å²) in [6.07, 6.45) is 2.40. The van der Waals surface area contributed by atoms with Crippen molar-refractivity contribution in [2.24, 2.45) is 16.8 Å². The number of aliphatic hydroxyl groups is 1. The Labute approximate surface area is 154 Å². The lowest BCUT2D eigenvalue weighted by Gasteiger charge is -2.50. The zero-order valence-corrected chi connectivity index (χ0v) is 15.4. The van der Waals surface area contributed by atoms with Crippen LogP contribution in [0.15, 0.2) is 41.4 Å². The first-order valence-electron chi connectivity index (χ1n) is 9.41. The van der Waals surface area contributed by atoms with E-state index in [1.807, 2.05) is 24.3 Å². The molecule has 3 heterocycles. The van der Waals surface area contributed by atoms with Crippen LogP contribution in [0.4, 0.5) is 5.69 Å². The second kappa shape index (κ2) is 6.32. The van der Waals surface area contributed by atoms with Crippen molar-refractivity contribution in [1.29, 1.82) is 0 Å². The number of aliphatic imine (C=N–C) groups is 1. The standard InChI is InChI=1S/C21H26N2O3/c1-4-14-12-23-10-9-21(25)16-7-5-6-8-17(16)22-19(21)18(23)11-15(14)13(2)20(24)26-3/h5-8,14-15,18,25H,2,4,9-12H2,1,3H3/t14-,15-,18+,21+/m1/s1. The van der Waals surface area contributed by atoms with Crippen LogP contribution in [-0.2, 0) is 15.1 Å². The zero-order chi connectivity index (χ0) is 18.5. The number of esters is 1. The third-order valence-electron chi connectivity index (χ3n) is 6.47. The van der Waals surface area contributed by atoms with Gasteiger partial charge in [-0.2, -0.15) is 0 Å². The first-order chi connectivity index (χ1) is 12.5. The molecule has 0 radical (unpaired) electrons. The molecule has 1 N–H and O–H groups in total. The number of rotatable bonds is 3. The fraction of sp³-hybridized carbons (Fsp3) is 0.524. The summed E-state index contributed by atoms with van der Waals surface area (Å²) in [5.74, 6) is 0.0977. The molecule has 4 rings (SSSR count). The van der Waals surface area contributed by atoms with E-state index in [0.29, 0.717) is 17.9 Å². The van der Waals surface area contributed by atoms with Crippen molar-refractivity contribution in [2.45, 2.75) is 37.8 Å². The van der Waals surface area contributed by atoms with Gasteiger partial charge in [0, 0.05) is 24.2 Å². The number of ether oxygens (including phenoxy) is 1. The Hall–Kier alpha value is -1.98. The van der Waals surface area contributed by atoms with Crippen LogP contribution >= 0.6 is 0 Å². The van der Waals surface area contributed by atoms with E-state index in [9.17, 15) is 9.90 Å². The quantitative estimate of drug-likeness (QED) is 0.670. The summed E-state index contributed by atoms with van der Waals surface area (Å²) in [6.45, 7) is 7.92. The van der Waals surface area contributed by atoms with Crippen LogP contribution in [0.1, 0.15) is 31.7 Å². The molecule has 3 aliphatic heterocycles.